The van der Waals surface area contributed by atoms with Crippen molar-refractivity contribution < 1.29 is 4.74 Å². The molecule has 1 aliphatic heterocycles. The lowest BCUT2D eigenvalue weighted by Gasteiger charge is -2.23. The first-order valence-electron chi connectivity index (χ1n) is 6.45. The molecule has 0 saturated carbocycles. The Kier molecular flexibility index (Phi) is 4.98. The van der Waals surface area contributed by atoms with Crippen LogP contribution in [0.1, 0.15) is 24.4 Å². The molecule has 0 spiro atoms. The number of benzene rings is 1. The third kappa shape index (κ3) is 4.11. The molecular weight excluding hydrogens is 212 g/mol. The van der Waals surface area contributed by atoms with Gasteiger partial charge in [-0.25, -0.2) is 0 Å². The molecule has 0 aromatic heterocycles. The van der Waals surface area contributed by atoms with E-state index < -0.39 is 0 Å². The van der Waals surface area contributed by atoms with Gasteiger partial charge in [-0.1, -0.05) is 30.3 Å². The maximum Gasteiger partial charge on any atom is 0.0469 e. The van der Waals surface area contributed by atoms with Gasteiger partial charge < -0.3 is 15.8 Å². The SMILES string of the molecule is NC(CNCC1CCOCC1)c1ccccc1. The molecule has 3 heteroatoms. The van der Waals surface area contributed by atoms with E-state index in [1.807, 2.05) is 18.2 Å². The van der Waals surface area contributed by atoms with Gasteiger partial charge in [0, 0.05) is 25.8 Å². The summed E-state index contributed by atoms with van der Waals surface area (Å²) in [6, 6.07) is 10.4. The normalized spacial score (nSPS) is 19.1. The maximum atomic E-state index is 6.12. The van der Waals surface area contributed by atoms with Crippen LogP contribution in [0.2, 0.25) is 0 Å². The molecule has 1 atom stereocenters. The van der Waals surface area contributed by atoms with Gasteiger partial charge in [0.1, 0.15) is 0 Å². The average Bonchev–Trinajstić information content (AvgIpc) is 2.41. The van der Waals surface area contributed by atoms with Gasteiger partial charge in [-0.05, 0) is 30.9 Å². The van der Waals surface area contributed by atoms with Crippen molar-refractivity contribution in [3.05, 3.63) is 35.9 Å². The summed E-state index contributed by atoms with van der Waals surface area (Å²) < 4.78 is 5.34. The van der Waals surface area contributed by atoms with E-state index >= 15 is 0 Å². The van der Waals surface area contributed by atoms with Crippen LogP contribution in [-0.2, 0) is 4.74 Å². The van der Waals surface area contributed by atoms with Gasteiger partial charge in [-0.15, -0.1) is 0 Å². The minimum atomic E-state index is 0.0936. The Bertz CT molecular complexity index is 309. The topological polar surface area (TPSA) is 47.3 Å². The molecule has 1 heterocycles. The number of hydrogen-bond acceptors (Lipinski definition) is 3. The van der Waals surface area contributed by atoms with Crippen LogP contribution in [0.4, 0.5) is 0 Å². The van der Waals surface area contributed by atoms with E-state index in [9.17, 15) is 0 Å². The third-order valence-electron chi connectivity index (χ3n) is 3.37. The zero-order chi connectivity index (χ0) is 11.9. The predicted octanol–water partition coefficient (Wildman–Crippen LogP) is 1.70. The van der Waals surface area contributed by atoms with E-state index in [-0.39, 0.29) is 6.04 Å². The molecule has 1 aromatic carbocycles. The number of rotatable bonds is 5. The molecule has 1 fully saturated rings. The van der Waals surface area contributed by atoms with Crippen LogP contribution in [0.5, 0.6) is 0 Å². The molecule has 1 aliphatic rings. The van der Waals surface area contributed by atoms with Crippen molar-refractivity contribution in [1.82, 2.24) is 5.32 Å². The Hall–Kier alpha value is -0.900. The second-order valence-corrected chi connectivity index (χ2v) is 4.73. The minimum absolute atomic E-state index is 0.0936. The quantitative estimate of drug-likeness (QED) is 0.815. The van der Waals surface area contributed by atoms with Gasteiger partial charge in [0.05, 0.1) is 0 Å². The standard InChI is InChI=1S/C14H22N2O/c15-14(13-4-2-1-3-5-13)11-16-10-12-6-8-17-9-7-12/h1-5,12,14,16H,6-11,15H2. The highest BCUT2D eigenvalue weighted by Crippen LogP contribution is 2.14. The zero-order valence-electron chi connectivity index (χ0n) is 10.3. The van der Waals surface area contributed by atoms with Crippen LogP contribution >= 0.6 is 0 Å². The molecule has 1 aromatic rings. The molecule has 2 rings (SSSR count). The Morgan fingerprint density at radius 3 is 2.65 bits per heavy atom. The second-order valence-electron chi connectivity index (χ2n) is 4.73. The highest BCUT2D eigenvalue weighted by Gasteiger charge is 2.13. The lowest BCUT2D eigenvalue weighted by molar-refractivity contribution is 0.0662. The van der Waals surface area contributed by atoms with Gasteiger partial charge >= 0.3 is 0 Å². The number of nitrogens with two attached hydrogens (primary N) is 1. The van der Waals surface area contributed by atoms with E-state index in [4.69, 9.17) is 10.5 Å². The Balaban J connectivity index is 1.67. The molecule has 3 nitrogen and oxygen atoms in total. The first kappa shape index (κ1) is 12.6. The molecular formula is C14H22N2O. The van der Waals surface area contributed by atoms with Crippen molar-refractivity contribution in [3.8, 4) is 0 Å². The van der Waals surface area contributed by atoms with Gasteiger partial charge in [0.15, 0.2) is 0 Å². The minimum Gasteiger partial charge on any atom is -0.381 e. The van der Waals surface area contributed by atoms with Gasteiger partial charge in [-0.3, -0.25) is 0 Å². The predicted molar refractivity (Wildman–Crippen MR) is 69.8 cm³/mol. The lowest BCUT2D eigenvalue weighted by atomic mass is 10.00. The van der Waals surface area contributed by atoms with Crippen molar-refractivity contribution in [1.29, 1.82) is 0 Å². The lowest BCUT2D eigenvalue weighted by Crippen LogP contribution is -2.32. The van der Waals surface area contributed by atoms with Crippen LogP contribution in [0.15, 0.2) is 30.3 Å². The number of ether oxygens (including phenoxy) is 1. The van der Waals surface area contributed by atoms with E-state index in [1.54, 1.807) is 0 Å². The molecule has 0 radical (unpaired) electrons. The zero-order valence-corrected chi connectivity index (χ0v) is 10.3. The van der Waals surface area contributed by atoms with Crippen LogP contribution in [-0.4, -0.2) is 26.3 Å². The van der Waals surface area contributed by atoms with Crippen molar-refractivity contribution >= 4 is 0 Å². The van der Waals surface area contributed by atoms with Crippen LogP contribution in [0.25, 0.3) is 0 Å². The van der Waals surface area contributed by atoms with E-state index in [1.165, 1.54) is 18.4 Å². The van der Waals surface area contributed by atoms with Crippen LogP contribution in [0.3, 0.4) is 0 Å². The summed E-state index contributed by atoms with van der Waals surface area (Å²) in [6.07, 6.45) is 2.35. The molecule has 17 heavy (non-hydrogen) atoms. The van der Waals surface area contributed by atoms with Gasteiger partial charge in [0.2, 0.25) is 0 Å². The molecule has 1 saturated heterocycles. The first-order valence-corrected chi connectivity index (χ1v) is 6.45. The van der Waals surface area contributed by atoms with Gasteiger partial charge in [0.25, 0.3) is 0 Å². The molecule has 3 N–H and O–H groups in total. The molecule has 94 valence electrons. The van der Waals surface area contributed by atoms with Crippen molar-refractivity contribution in [2.24, 2.45) is 11.7 Å². The van der Waals surface area contributed by atoms with Crippen molar-refractivity contribution in [2.45, 2.75) is 18.9 Å². The van der Waals surface area contributed by atoms with E-state index in [0.29, 0.717) is 0 Å². The molecule has 1 unspecified atom stereocenters. The Labute approximate surface area is 103 Å². The molecule has 0 amide bonds. The summed E-state index contributed by atoms with van der Waals surface area (Å²) in [5.41, 5.74) is 7.32. The molecule has 0 aliphatic carbocycles. The Morgan fingerprint density at radius 1 is 1.24 bits per heavy atom. The fourth-order valence-corrected chi connectivity index (χ4v) is 2.21. The Morgan fingerprint density at radius 2 is 1.94 bits per heavy atom. The van der Waals surface area contributed by atoms with E-state index in [2.05, 4.69) is 17.4 Å². The van der Waals surface area contributed by atoms with E-state index in [0.717, 1.165) is 32.2 Å². The maximum absolute atomic E-state index is 6.12. The fourth-order valence-electron chi connectivity index (χ4n) is 2.21. The third-order valence-corrected chi connectivity index (χ3v) is 3.37. The summed E-state index contributed by atoms with van der Waals surface area (Å²) in [7, 11) is 0. The highest BCUT2D eigenvalue weighted by atomic mass is 16.5. The number of hydrogen-bond donors (Lipinski definition) is 2. The largest absolute Gasteiger partial charge is 0.381 e. The van der Waals surface area contributed by atoms with Crippen molar-refractivity contribution in [2.75, 3.05) is 26.3 Å². The summed E-state index contributed by atoms with van der Waals surface area (Å²) in [4.78, 5) is 0. The second kappa shape index (κ2) is 6.74. The monoisotopic (exact) mass is 234 g/mol. The summed E-state index contributed by atoms with van der Waals surface area (Å²) in [5, 5.41) is 3.47. The smallest absolute Gasteiger partial charge is 0.0469 e. The van der Waals surface area contributed by atoms with Gasteiger partial charge in [-0.2, -0.15) is 0 Å². The molecule has 0 bridgehead atoms. The summed E-state index contributed by atoms with van der Waals surface area (Å²) in [5.74, 6) is 0.756. The summed E-state index contributed by atoms with van der Waals surface area (Å²) in [6.45, 7) is 3.74. The first-order chi connectivity index (χ1) is 8.36. The summed E-state index contributed by atoms with van der Waals surface area (Å²) >= 11 is 0. The number of nitrogens with one attached hydrogen (secondary N) is 1. The highest BCUT2D eigenvalue weighted by molar-refractivity contribution is 5.18. The average molecular weight is 234 g/mol. The van der Waals surface area contributed by atoms with Crippen LogP contribution < -0.4 is 11.1 Å². The fraction of sp³-hybridized carbons (Fsp3) is 0.571. The van der Waals surface area contributed by atoms with Crippen molar-refractivity contribution in [3.63, 3.8) is 0 Å². The van der Waals surface area contributed by atoms with Crippen LogP contribution in [0, 0.1) is 5.92 Å².